The quantitative estimate of drug-likeness (QED) is 0.703. The molecule has 5 nitrogen and oxygen atoms in total. The van der Waals surface area contributed by atoms with Crippen LogP contribution >= 0.6 is 0 Å². The minimum atomic E-state index is -0.101. The summed E-state index contributed by atoms with van der Waals surface area (Å²) >= 11 is 0. The third kappa shape index (κ3) is 2.98. The van der Waals surface area contributed by atoms with Crippen molar-refractivity contribution in [1.82, 2.24) is 5.32 Å². The number of carbonyl (C=O) groups is 1. The van der Waals surface area contributed by atoms with Crippen molar-refractivity contribution in [3.8, 4) is 0 Å². The topological polar surface area (TPSA) is 78.6 Å². The minimum absolute atomic E-state index is 0.101. The Hall–Kier alpha value is -1.75. The maximum absolute atomic E-state index is 11.7. The van der Waals surface area contributed by atoms with E-state index in [1.165, 1.54) is 0 Å². The van der Waals surface area contributed by atoms with E-state index in [0.29, 0.717) is 23.7 Å². The molecule has 0 spiro atoms. The molecule has 0 aliphatic carbocycles. The van der Waals surface area contributed by atoms with E-state index in [9.17, 15) is 4.79 Å². The second-order valence-corrected chi connectivity index (χ2v) is 4.92. The van der Waals surface area contributed by atoms with Gasteiger partial charge < -0.3 is 21.1 Å². The number of aliphatic hydroxyl groups excluding tert-OH is 1. The number of benzene rings is 1. The van der Waals surface area contributed by atoms with E-state index < -0.39 is 0 Å². The van der Waals surface area contributed by atoms with Gasteiger partial charge in [0.2, 0.25) is 0 Å². The Labute approximate surface area is 113 Å². The lowest BCUT2D eigenvalue weighted by Crippen LogP contribution is -2.24. The number of amides is 1. The Balaban J connectivity index is 2.13. The maximum atomic E-state index is 11.7. The van der Waals surface area contributed by atoms with Gasteiger partial charge in [0.25, 0.3) is 5.91 Å². The van der Waals surface area contributed by atoms with Gasteiger partial charge in [-0.15, -0.1) is 0 Å². The lowest BCUT2D eigenvalue weighted by Gasteiger charge is -2.21. The first-order valence-electron chi connectivity index (χ1n) is 6.69. The predicted octanol–water partition coefficient (Wildman–Crippen LogP) is 0.837. The SMILES string of the molecule is CCNC(=O)c1ccc(N2CCC(CO)C2)c(N)c1. The Morgan fingerprint density at radius 1 is 1.58 bits per heavy atom. The van der Waals surface area contributed by atoms with Crippen molar-refractivity contribution in [2.45, 2.75) is 13.3 Å². The Morgan fingerprint density at radius 2 is 2.37 bits per heavy atom. The predicted molar refractivity (Wildman–Crippen MR) is 76.3 cm³/mol. The van der Waals surface area contributed by atoms with Crippen LogP contribution in [0.15, 0.2) is 18.2 Å². The molecule has 1 aromatic rings. The highest BCUT2D eigenvalue weighted by Crippen LogP contribution is 2.29. The Morgan fingerprint density at radius 3 is 2.95 bits per heavy atom. The van der Waals surface area contributed by atoms with Crippen molar-refractivity contribution in [3.05, 3.63) is 23.8 Å². The van der Waals surface area contributed by atoms with Crippen molar-refractivity contribution in [2.75, 3.05) is 36.9 Å². The van der Waals surface area contributed by atoms with Crippen molar-refractivity contribution >= 4 is 17.3 Å². The number of carbonyl (C=O) groups excluding carboxylic acids is 1. The summed E-state index contributed by atoms with van der Waals surface area (Å²) < 4.78 is 0. The molecule has 0 radical (unpaired) electrons. The van der Waals surface area contributed by atoms with Crippen molar-refractivity contribution in [1.29, 1.82) is 0 Å². The summed E-state index contributed by atoms with van der Waals surface area (Å²) in [4.78, 5) is 13.9. The molecule has 1 amide bonds. The Bertz CT molecular complexity index is 462. The monoisotopic (exact) mass is 263 g/mol. The van der Waals surface area contributed by atoms with Crippen molar-refractivity contribution < 1.29 is 9.90 Å². The fraction of sp³-hybridized carbons (Fsp3) is 0.500. The van der Waals surface area contributed by atoms with E-state index in [4.69, 9.17) is 10.8 Å². The summed E-state index contributed by atoms with van der Waals surface area (Å²) in [5.41, 5.74) is 8.18. The number of hydrogen-bond donors (Lipinski definition) is 3. The maximum Gasteiger partial charge on any atom is 0.251 e. The average molecular weight is 263 g/mol. The molecule has 19 heavy (non-hydrogen) atoms. The zero-order chi connectivity index (χ0) is 13.8. The lowest BCUT2D eigenvalue weighted by molar-refractivity contribution is 0.0956. The molecule has 4 N–H and O–H groups in total. The number of rotatable bonds is 4. The van der Waals surface area contributed by atoms with E-state index >= 15 is 0 Å². The van der Waals surface area contributed by atoms with Crippen LogP contribution in [0.4, 0.5) is 11.4 Å². The smallest absolute Gasteiger partial charge is 0.251 e. The van der Waals surface area contributed by atoms with Gasteiger partial charge in [-0.3, -0.25) is 4.79 Å². The third-order valence-corrected chi connectivity index (χ3v) is 3.51. The van der Waals surface area contributed by atoms with Gasteiger partial charge in [0.1, 0.15) is 0 Å². The standard InChI is InChI=1S/C14H21N3O2/c1-2-16-14(19)11-3-4-13(12(15)7-11)17-6-5-10(8-17)9-18/h3-4,7,10,18H,2,5-6,8-9,15H2,1H3,(H,16,19). The van der Waals surface area contributed by atoms with Gasteiger partial charge >= 0.3 is 0 Å². The van der Waals surface area contributed by atoms with Gasteiger partial charge in [0.05, 0.1) is 11.4 Å². The molecule has 2 rings (SSSR count). The molecule has 0 saturated carbocycles. The minimum Gasteiger partial charge on any atom is -0.397 e. The van der Waals surface area contributed by atoms with Crippen LogP contribution in [-0.2, 0) is 0 Å². The summed E-state index contributed by atoms with van der Waals surface area (Å²) in [6.45, 7) is 4.42. The molecule has 1 atom stereocenters. The molecule has 1 aliphatic heterocycles. The highest BCUT2D eigenvalue weighted by molar-refractivity contribution is 5.96. The fourth-order valence-electron chi connectivity index (χ4n) is 2.45. The molecule has 1 aliphatic rings. The van der Waals surface area contributed by atoms with Crippen LogP contribution in [0.3, 0.4) is 0 Å². The van der Waals surface area contributed by atoms with Gasteiger partial charge in [-0.05, 0) is 31.5 Å². The fourth-order valence-corrected chi connectivity index (χ4v) is 2.45. The Kier molecular flexibility index (Phi) is 4.27. The number of nitrogens with two attached hydrogens (primary N) is 1. The largest absolute Gasteiger partial charge is 0.397 e. The molecule has 1 heterocycles. The molecule has 104 valence electrons. The first-order chi connectivity index (χ1) is 9.15. The highest BCUT2D eigenvalue weighted by atomic mass is 16.3. The summed E-state index contributed by atoms with van der Waals surface area (Å²) in [6.07, 6.45) is 0.980. The molecule has 0 bridgehead atoms. The number of hydrogen-bond acceptors (Lipinski definition) is 4. The normalized spacial score (nSPS) is 18.6. The summed E-state index contributed by atoms with van der Waals surface area (Å²) in [7, 11) is 0. The average Bonchev–Trinajstić information content (AvgIpc) is 2.87. The molecular weight excluding hydrogens is 242 g/mol. The van der Waals surface area contributed by atoms with Crippen LogP contribution in [0.1, 0.15) is 23.7 Å². The second kappa shape index (κ2) is 5.93. The van der Waals surface area contributed by atoms with Crippen LogP contribution in [-0.4, -0.2) is 37.3 Å². The van der Waals surface area contributed by atoms with Crippen LogP contribution in [0, 0.1) is 5.92 Å². The number of nitrogen functional groups attached to an aromatic ring is 1. The summed E-state index contributed by atoms with van der Waals surface area (Å²) in [5.74, 6) is 0.220. The molecule has 1 saturated heterocycles. The molecule has 1 aromatic carbocycles. The van der Waals surface area contributed by atoms with Gasteiger partial charge in [0, 0.05) is 37.7 Å². The highest BCUT2D eigenvalue weighted by Gasteiger charge is 2.23. The van der Waals surface area contributed by atoms with Crippen molar-refractivity contribution in [2.24, 2.45) is 5.92 Å². The number of anilines is 2. The zero-order valence-corrected chi connectivity index (χ0v) is 11.2. The van der Waals surface area contributed by atoms with Crippen LogP contribution in [0.2, 0.25) is 0 Å². The summed E-state index contributed by atoms with van der Waals surface area (Å²) in [5, 5.41) is 11.9. The molecule has 1 fully saturated rings. The van der Waals surface area contributed by atoms with E-state index in [1.54, 1.807) is 12.1 Å². The van der Waals surface area contributed by atoms with Crippen LogP contribution < -0.4 is 16.0 Å². The van der Waals surface area contributed by atoms with Crippen molar-refractivity contribution in [3.63, 3.8) is 0 Å². The number of aliphatic hydroxyl groups is 1. The first kappa shape index (κ1) is 13.7. The van der Waals surface area contributed by atoms with E-state index in [2.05, 4.69) is 10.2 Å². The lowest BCUT2D eigenvalue weighted by atomic mass is 10.1. The molecule has 0 aromatic heterocycles. The van der Waals surface area contributed by atoms with Gasteiger partial charge in [0.15, 0.2) is 0 Å². The third-order valence-electron chi connectivity index (χ3n) is 3.51. The molecular formula is C14H21N3O2. The molecule has 5 heteroatoms. The summed E-state index contributed by atoms with van der Waals surface area (Å²) in [6, 6.07) is 5.40. The van der Waals surface area contributed by atoms with Crippen LogP contribution in [0.25, 0.3) is 0 Å². The van der Waals surface area contributed by atoms with E-state index in [1.807, 2.05) is 13.0 Å². The van der Waals surface area contributed by atoms with Gasteiger partial charge in [-0.1, -0.05) is 0 Å². The molecule has 1 unspecified atom stereocenters. The zero-order valence-electron chi connectivity index (χ0n) is 11.2. The van der Waals surface area contributed by atoms with Gasteiger partial charge in [-0.2, -0.15) is 0 Å². The number of nitrogens with zero attached hydrogens (tertiary/aromatic N) is 1. The second-order valence-electron chi connectivity index (χ2n) is 4.92. The number of nitrogens with one attached hydrogen (secondary N) is 1. The van der Waals surface area contributed by atoms with E-state index in [0.717, 1.165) is 25.2 Å². The van der Waals surface area contributed by atoms with Crippen LogP contribution in [0.5, 0.6) is 0 Å². The first-order valence-corrected chi connectivity index (χ1v) is 6.69. The van der Waals surface area contributed by atoms with E-state index in [-0.39, 0.29) is 12.5 Å². The van der Waals surface area contributed by atoms with Gasteiger partial charge in [-0.25, -0.2) is 0 Å².